The molecule has 0 saturated heterocycles. The van der Waals surface area contributed by atoms with Crippen molar-refractivity contribution < 1.29 is 0 Å². The Bertz CT molecular complexity index is 2150. The van der Waals surface area contributed by atoms with Crippen LogP contribution in [0.25, 0.3) is 49.6 Å². The number of benzene rings is 3. The van der Waals surface area contributed by atoms with Crippen LogP contribution in [0.1, 0.15) is 49.4 Å². The number of rotatable bonds is 5. The number of allylic oxidation sites excluding steroid dienone is 4. The number of pyridine rings is 3. The fourth-order valence-electron chi connectivity index (χ4n) is 5.78. The largest absolute Gasteiger partial charge is 0.345 e. The van der Waals surface area contributed by atoms with E-state index in [1.165, 1.54) is 5.57 Å². The first kappa shape index (κ1) is 27.4. The second kappa shape index (κ2) is 11.7. The summed E-state index contributed by atoms with van der Waals surface area (Å²) < 4.78 is 0. The Morgan fingerprint density at radius 2 is 1.64 bits per heavy atom. The molecule has 1 aliphatic carbocycles. The molecule has 0 spiro atoms. The van der Waals surface area contributed by atoms with Gasteiger partial charge < -0.3 is 4.98 Å². The third-order valence-electron chi connectivity index (χ3n) is 8.19. The molecular formula is C39H33N5. The summed E-state index contributed by atoms with van der Waals surface area (Å²) in [6.07, 6.45) is 12.6. The van der Waals surface area contributed by atoms with Gasteiger partial charge in [-0.25, -0.2) is 4.99 Å². The van der Waals surface area contributed by atoms with Crippen molar-refractivity contribution in [2.45, 2.75) is 32.6 Å². The fourth-order valence-corrected chi connectivity index (χ4v) is 5.78. The van der Waals surface area contributed by atoms with Gasteiger partial charge in [-0.05, 0) is 64.8 Å². The highest BCUT2D eigenvalue weighted by Crippen LogP contribution is 2.34. The van der Waals surface area contributed by atoms with E-state index in [9.17, 15) is 0 Å². The average molecular weight is 572 g/mol. The van der Waals surface area contributed by atoms with Crippen LogP contribution in [0.2, 0.25) is 0 Å². The summed E-state index contributed by atoms with van der Waals surface area (Å²) in [5.74, 6) is 0.474. The van der Waals surface area contributed by atoms with Gasteiger partial charge in [0.25, 0.3) is 0 Å². The molecule has 1 aliphatic rings. The van der Waals surface area contributed by atoms with Crippen molar-refractivity contribution in [2.75, 3.05) is 0 Å². The second-order valence-electron chi connectivity index (χ2n) is 11.5. The number of amidine groups is 1. The van der Waals surface area contributed by atoms with E-state index in [4.69, 9.17) is 15.4 Å². The maximum Gasteiger partial charge on any atom is 0.154 e. The quantitative estimate of drug-likeness (QED) is 0.123. The van der Waals surface area contributed by atoms with Crippen molar-refractivity contribution in [3.8, 4) is 22.3 Å². The van der Waals surface area contributed by atoms with Gasteiger partial charge >= 0.3 is 0 Å². The topological polar surface area (TPSA) is 77.8 Å². The lowest BCUT2D eigenvalue weighted by Crippen LogP contribution is -2.15. The first-order chi connectivity index (χ1) is 21.5. The van der Waals surface area contributed by atoms with Gasteiger partial charge in [-0.1, -0.05) is 105 Å². The number of nitrogens with zero attached hydrogens (tertiary/aromatic N) is 3. The van der Waals surface area contributed by atoms with Crippen LogP contribution in [0.3, 0.4) is 0 Å². The first-order valence-electron chi connectivity index (χ1n) is 15.1. The van der Waals surface area contributed by atoms with Crippen LogP contribution in [-0.2, 0) is 0 Å². The molecule has 0 radical (unpaired) electrons. The SMILES string of the molecule is CC(C)c1cc(-c2ccc(C(=N)N=c3[nH]cc(C4=CCCC=C4)cc3-c3ccccc3)cc2)c2ccc3cccnc3c2n1. The van der Waals surface area contributed by atoms with Crippen LogP contribution >= 0.6 is 0 Å². The Balaban J connectivity index is 1.28. The van der Waals surface area contributed by atoms with Crippen molar-refractivity contribution >= 4 is 33.2 Å². The van der Waals surface area contributed by atoms with Crippen molar-refractivity contribution in [1.29, 1.82) is 5.41 Å². The minimum atomic E-state index is 0.201. The molecule has 214 valence electrons. The molecule has 0 unspecified atom stereocenters. The van der Waals surface area contributed by atoms with Crippen LogP contribution in [0.5, 0.6) is 0 Å². The summed E-state index contributed by atoms with van der Waals surface area (Å²) in [7, 11) is 0. The molecule has 0 bridgehead atoms. The first-order valence-corrected chi connectivity index (χ1v) is 15.1. The Hall–Kier alpha value is -5.42. The Morgan fingerprint density at radius 1 is 0.818 bits per heavy atom. The van der Waals surface area contributed by atoms with Crippen LogP contribution in [0, 0.1) is 5.41 Å². The predicted molar refractivity (Wildman–Crippen MR) is 182 cm³/mol. The zero-order valence-corrected chi connectivity index (χ0v) is 24.9. The molecule has 0 saturated carbocycles. The number of nitrogens with one attached hydrogen (secondary N) is 2. The highest BCUT2D eigenvalue weighted by molar-refractivity contribution is 6.08. The average Bonchev–Trinajstić information content (AvgIpc) is 3.08. The third-order valence-corrected chi connectivity index (χ3v) is 8.19. The van der Waals surface area contributed by atoms with E-state index in [0.29, 0.717) is 5.49 Å². The van der Waals surface area contributed by atoms with Gasteiger partial charge in [0.15, 0.2) is 5.84 Å². The van der Waals surface area contributed by atoms with E-state index >= 15 is 0 Å². The van der Waals surface area contributed by atoms with Gasteiger partial charge in [0.2, 0.25) is 0 Å². The number of aromatic nitrogens is 3. The maximum atomic E-state index is 8.94. The summed E-state index contributed by atoms with van der Waals surface area (Å²) >= 11 is 0. The molecule has 3 heterocycles. The van der Waals surface area contributed by atoms with Crippen LogP contribution in [0.4, 0.5) is 0 Å². The molecule has 0 amide bonds. The predicted octanol–water partition coefficient (Wildman–Crippen LogP) is 9.23. The number of hydrogen-bond acceptors (Lipinski definition) is 3. The van der Waals surface area contributed by atoms with Crippen molar-refractivity contribution in [3.05, 3.63) is 144 Å². The standard InChI is InChI=1S/C39H33N5/c1-25(2)35-23-33(32-20-19-29-14-9-21-41-36(29)37(32)43-35)28-15-17-30(18-16-28)38(40)44-39-34(27-12-7-4-8-13-27)22-31(24-42-39)26-10-5-3-6-11-26/h4-5,7-25H,3,6H2,1-2H3,(H2,40,42,44). The number of H-pyrrole nitrogens is 1. The summed E-state index contributed by atoms with van der Waals surface area (Å²) in [5.41, 5.74) is 10.8. The Morgan fingerprint density at radius 3 is 2.41 bits per heavy atom. The van der Waals surface area contributed by atoms with Gasteiger partial charge in [-0.15, -0.1) is 0 Å². The molecule has 0 atom stereocenters. The lowest BCUT2D eigenvalue weighted by molar-refractivity contribution is 0.831. The van der Waals surface area contributed by atoms with E-state index in [2.05, 4.69) is 96.6 Å². The van der Waals surface area contributed by atoms with Crippen LogP contribution in [0.15, 0.2) is 127 Å². The highest BCUT2D eigenvalue weighted by atomic mass is 14.9. The lowest BCUT2D eigenvalue weighted by atomic mass is 9.95. The summed E-state index contributed by atoms with van der Waals surface area (Å²) in [5, 5.41) is 11.1. The van der Waals surface area contributed by atoms with Crippen molar-refractivity contribution in [2.24, 2.45) is 4.99 Å². The molecule has 7 rings (SSSR count). The monoisotopic (exact) mass is 571 g/mol. The number of hydrogen-bond donors (Lipinski definition) is 2. The fraction of sp³-hybridized carbons (Fsp3) is 0.128. The van der Waals surface area contributed by atoms with E-state index in [1.54, 1.807) is 0 Å². The van der Waals surface area contributed by atoms with Gasteiger partial charge in [0.05, 0.1) is 11.0 Å². The molecule has 2 N–H and O–H groups in total. The van der Waals surface area contributed by atoms with Gasteiger partial charge in [-0.3, -0.25) is 15.4 Å². The van der Waals surface area contributed by atoms with Crippen LogP contribution < -0.4 is 5.49 Å². The Kier molecular flexibility index (Phi) is 7.29. The van der Waals surface area contributed by atoms with Crippen molar-refractivity contribution in [3.63, 3.8) is 0 Å². The summed E-state index contributed by atoms with van der Waals surface area (Å²) in [6, 6.07) is 31.0. The smallest absolute Gasteiger partial charge is 0.154 e. The van der Waals surface area contributed by atoms with E-state index < -0.39 is 0 Å². The molecule has 0 aliphatic heterocycles. The number of aromatic amines is 1. The molecular weight excluding hydrogens is 538 g/mol. The number of fused-ring (bicyclic) bond motifs is 3. The van der Waals surface area contributed by atoms with E-state index in [1.807, 2.05) is 48.8 Å². The minimum Gasteiger partial charge on any atom is -0.345 e. The summed E-state index contributed by atoms with van der Waals surface area (Å²) in [4.78, 5) is 17.9. The highest BCUT2D eigenvalue weighted by Gasteiger charge is 2.14. The van der Waals surface area contributed by atoms with Crippen LogP contribution in [-0.4, -0.2) is 20.8 Å². The van der Waals surface area contributed by atoms with Crippen molar-refractivity contribution in [1.82, 2.24) is 15.0 Å². The Labute approximate surface area is 256 Å². The minimum absolute atomic E-state index is 0.201. The maximum absolute atomic E-state index is 8.94. The van der Waals surface area contributed by atoms with E-state index in [0.717, 1.165) is 73.7 Å². The lowest BCUT2D eigenvalue weighted by Gasteiger charge is -2.14. The molecule has 3 aromatic carbocycles. The molecule has 6 aromatic rings. The molecule has 44 heavy (non-hydrogen) atoms. The zero-order chi connectivity index (χ0) is 30.0. The normalized spacial score (nSPS) is 13.5. The summed E-state index contributed by atoms with van der Waals surface area (Å²) in [6.45, 7) is 4.33. The van der Waals surface area contributed by atoms with E-state index in [-0.39, 0.29) is 11.8 Å². The molecule has 3 aromatic heterocycles. The zero-order valence-electron chi connectivity index (χ0n) is 24.9. The molecule has 5 nitrogen and oxygen atoms in total. The molecule has 5 heteroatoms. The van der Waals surface area contributed by atoms with Gasteiger partial charge in [0.1, 0.15) is 5.49 Å². The molecule has 0 fully saturated rings. The second-order valence-corrected chi connectivity index (χ2v) is 11.5. The van der Waals surface area contributed by atoms with Gasteiger partial charge in [-0.2, -0.15) is 0 Å². The van der Waals surface area contributed by atoms with Gasteiger partial charge in [0, 0.05) is 40.0 Å². The third kappa shape index (κ3) is 5.29.